The SMILES string of the molecule is CCc1cn(CCCOC)c(N2CCC(NC)C2)n1. The lowest BCUT2D eigenvalue weighted by Crippen LogP contribution is -2.30. The average Bonchev–Trinajstić information content (AvgIpc) is 3.04. The second-order valence-corrected chi connectivity index (χ2v) is 5.15. The van der Waals surface area contributed by atoms with E-state index >= 15 is 0 Å². The predicted molar refractivity (Wildman–Crippen MR) is 77.8 cm³/mol. The van der Waals surface area contributed by atoms with Gasteiger partial charge in [0.15, 0.2) is 0 Å². The van der Waals surface area contributed by atoms with Gasteiger partial charge in [-0.1, -0.05) is 6.92 Å². The van der Waals surface area contributed by atoms with Crippen LogP contribution in [-0.4, -0.2) is 49.4 Å². The fourth-order valence-electron chi connectivity index (χ4n) is 2.60. The molecule has 1 aliphatic heterocycles. The van der Waals surface area contributed by atoms with Crippen molar-refractivity contribution in [1.29, 1.82) is 0 Å². The Balaban J connectivity index is 2.07. The molecule has 1 aromatic heterocycles. The largest absolute Gasteiger partial charge is 0.385 e. The Morgan fingerprint density at radius 1 is 1.53 bits per heavy atom. The molecule has 0 aromatic carbocycles. The third-order valence-corrected chi connectivity index (χ3v) is 3.79. The minimum atomic E-state index is 0.592. The summed E-state index contributed by atoms with van der Waals surface area (Å²) in [5, 5.41) is 3.36. The van der Waals surface area contributed by atoms with Gasteiger partial charge in [0.2, 0.25) is 5.95 Å². The standard InChI is InChI=1S/C14H26N4O/c1-4-12-10-17(7-5-9-19-3)14(16-12)18-8-6-13(11-18)15-2/h10,13,15H,4-9,11H2,1-3H3. The van der Waals surface area contributed by atoms with Crippen LogP contribution in [0, 0.1) is 0 Å². The Bertz CT molecular complexity index is 391. The molecule has 1 aliphatic rings. The highest BCUT2D eigenvalue weighted by Gasteiger charge is 2.24. The zero-order valence-electron chi connectivity index (χ0n) is 12.4. The Hall–Kier alpha value is -1.07. The van der Waals surface area contributed by atoms with E-state index in [4.69, 9.17) is 9.72 Å². The summed E-state index contributed by atoms with van der Waals surface area (Å²) < 4.78 is 7.43. The van der Waals surface area contributed by atoms with Gasteiger partial charge in [-0.2, -0.15) is 0 Å². The first-order valence-electron chi connectivity index (χ1n) is 7.25. The third-order valence-electron chi connectivity index (χ3n) is 3.79. The van der Waals surface area contributed by atoms with E-state index in [1.54, 1.807) is 7.11 Å². The summed E-state index contributed by atoms with van der Waals surface area (Å²) in [6.07, 6.45) is 5.42. The van der Waals surface area contributed by atoms with Crippen LogP contribution in [0.25, 0.3) is 0 Å². The number of rotatable bonds is 7. The Morgan fingerprint density at radius 3 is 3.00 bits per heavy atom. The van der Waals surface area contributed by atoms with Gasteiger partial charge in [-0.15, -0.1) is 0 Å². The molecule has 1 saturated heterocycles. The highest BCUT2D eigenvalue weighted by molar-refractivity contribution is 5.36. The number of nitrogens with one attached hydrogen (secondary N) is 1. The summed E-state index contributed by atoms with van der Waals surface area (Å²) in [7, 11) is 3.79. The Labute approximate surface area is 116 Å². The summed E-state index contributed by atoms with van der Waals surface area (Å²) in [5.74, 6) is 1.13. The Kier molecular flexibility index (Phi) is 5.22. The molecule has 1 atom stereocenters. The maximum Gasteiger partial charge on any atom is 0.205 e. The van der Waals surface area contributed by atoms with Crippen molar-refractivity contribution in [3.8, 4) is 0 Å². The molecule has 0 spiro atoms. The monoisotopic (exact) mass is 266 g/mol. The Morgan fingerprint density at radius 2 is 2.37 bits per heavy atom. The topological polar surface area (TPSA) is 42.3 Å². The van der Waals surface area contributed by atoms with Gasteiger partial charge in [0.25, 0.3) is 0 Å². The first-order chi connectivity index (χ1) is 9.28. The molecule has 0 amide bonds. The second kappa shape index (κ2) is 6.91. The lowest BCUT2D eigenvalue weighted by Gasteiger charge is -2.19. The number of nitrogens with zero attached hydrogens (tertiary/aromatic N) is 3. The molecule has 1 aromatic rings. The van der Waals surface area contributed by atoms with Crippen molar-refractivity contribution in [2.75, 3.05) is 38.8 Å². The van der Waals surface area contributed by atoms with Crippen molar-refractivity contribution in [1.82, 2.24) is 14.9 Å². The minimum absolute atomic E-state index is 0.592. The smallest absolute Gasteiger partial charge is 0.205 e. The van der Waals surface area contributed by atoms with Crippen molar-refractivity contribution >= 4 is 5.95 Å². The summed E-state index contributed by atoms with van der Waals surface area (Å²) >= 11 is 0. The van der Waals surface area contributed by atoms with Crippen LogP contribution >= 0.6 is 0 Å². The van der Waals surface area contributed by atoms with Gasteiger partial charge in [-0.3, -0.25) is 0 Å². The van der Waals surface area contributed by atoms with Crippen LogP contribution in [0.15, 0.2) is 6.20 Å². The number of aromatic nitrogens is 2. The van der Waals surface area contributed by atoms with Gasteiger partial charge < -0.3 is 19.5 Å². The number of hydrogen-bond acceptors (Lipinski definition) is 4. The van der Waals surface area contributed by atoms with E-state index in [1.165, 1.54) is 12.1 Å². The van der Waals surface area contributed by atoms with Crippen molar-refractivity contribution in [2.45, 2.75) is 38.8 Å². The molecule has 0 radical (unpaired) electrons. The molecule has 1 unspecified atom stereocenters. The summed E-state index contributed by atoms with van der Waals surface area (Å²) in [4.78, 5) is 7.17. The average molecular weight is 266 g/mol. The first kappa shape index (κ1) is 14.3. The van der Waals surface area contributed by atoms with Crippen LogP contribution in [0.5, 0.6) is 0 Å². The molecular formula is C14H26N4O. The number of anilines is 1. The van der Waals surface area contributed by atoms with Crippen molar-refractivity contribution in [2.24, 2.45) is 0 Å². The van der Waals surface area contributed by atoms with Crippen molar-refractivity contribution < 1.29 is 4.74 Å². The summed E-state index contributed by atoms with van der Waals surface area (Å²) in [6, 6.07) is 0.592. The molecule has 2 heterocycles. The first-order valence-corrected chi connectivity index (χ1v) is 7.25. The molecule has 19 heavy (non-hydrogen) atoms. The van der Waals surface area contributed by atoms with Crippen molar-refractivity contribution in [3.05, 3.63) is 11.9 Å². The van der Waals surface area contributed by atoms with Crippen LogP contribution < -0.4 is 10.2 Å². The van der Waals surface area contributed by atoms with E-state index in [2.05, 4.69) is 27.9 Å². The normalized spacial score (nSPS) is 19.3. The highest BCUT2D eigenvalue weighted by Crippen LogP contribution is 2.20. The lowest BCUT2D eigenvalue weighted by atomic mass is 10.3. The van der Waals surface area contributed by atoms with Gasteiger partial charge in [-0.05, 0) is 26.3 Å². The molecule has 1 N–H and O–H groups in total. The number of hydrogen-bond donors (Lipinski definition) is 1. The number of aryl methyl sites for hydroxylation is 2. The van der Waals surface area contributed by atoms with E-state index in [0.717, 1.165) is 45.0 Å². The van der Waals surface area contributed by atoms with Gasteiger partial charge in [0, 0.05) is 45.6 Å². The third kappa shape index (κ3) is 3.48. The molecule has 0 aliphatic carbocycles. The fourth-order valence-corrected chi connectivity index (χ4v) is 2.60. The predicted octanol–water partition coefficient (Wildman–Crippen LogP) is 1.28. The van der Waals surface area contributed by atoms with E-state index in [-0.39, 0.29) is 0 Å². The molecule has 5 heteroatoms. The van der Waals surface area contributed by atoms with Crippen molar-refractivity contribution in [3.63, 3.8) is 0 Å². The molecule has 1 fully saturated rings. The molecule has 0 saturated carbocycles. The van der Waals surface area contributed by atoms with Crippen LogP contribution in [0.4, 0.5) is 5.95 Å². The maximum absolute atomic E-state index is 5.14. The number of likely N-dealkylation sites (N-methyl/N-ethyl adjacent to an activating group) is 1. The van der Waals surface area contributed by atoms with Crippen LogP contribution in [0.1, 0.15) is 25.5 Å². The van der Waals surface area contributed by atoms with Gasteiger partial charge in [0.1, 0.15) is 0 Å². The van der Waals surface area contributed by atoms with E-state index < -0.39 is 0 Å². The molecule has 108 valence electrons. The minimum Gasteiger partial charge on any atom is -0.385 e. The maximum atomic E-state index is 5.14. The molecule has 2 rings (SSSR count). The zero-order chi connectivity index (χ0) is 13.7. The number of imidazole rings is 1. The highest BCUT2D eigenvalue weighted by atomic mass is 16.5. The van der Waals surface area contributed by atoms with E-state index in [9.17, 15) is 0 Å². The van der Waals surface area contributed by atoms with Crippen LogP contribution in [0.3, 0.4) is 0 Å². The van der Waals surface area contributed by atoms with E-state index in [1.807, 2.05) is 7.05 Å². The van der Waals surface area contributed by atoms with Gasteiger partial charge in [0.05, 0.1) is 5.69 Å². The van der Waals surface area contributed by atoms with Crippen LogP contribution in [-0.2, 0) is 17.7 Å². The fraction of sp³-hybridized carbons (Fsp3) is 0.786. The summed E-state index contributed by atoms with van der Waals surface area (Å²) in [6.45, 7) is 6.10. The molecule has 5 nitrogen and oxygen atoms in total. The summed E-state index contributed by atoms with van der Waals surface area (Å²) in [5.41, 5.74) is 1.18. The quantitative estimate of drug-likeness (QED) is 0.755. The molecule has 0 bridgehead atoms. The number of methoxy groups -OCH3 is 1. The van der Waals surface area contributed by atoms with Gasteiger partial charge in [-0.25, -0.2) is 4.98 Å². The molecular weight excluding hydrogens is 240 g/mol. The number of ether oxygens (including phenoxy) is 1. The van der Waals surface area contributed by atoms with Gasteiger partial charge >= 0.3 is 0 Å². The lowest BCUT2D eigenvalue weighted by molar-refractivity contribution is 0.190. The zero-order valence-corrected chi connectivity index (χ0v) is 12.4. The second-order valence-electron chi connectivity index (χ2n) is 5.15. The van der Waals surface area contributed by atoms with E-state index in [0.29, 0.717) is 6.04 Å². The van der Waals surface area contributed by atoms with Crippen LogP contribution in [0.2, 0.25) is 0 Å².